The molecule has 8 heteroatoms. The van der Waals surface area contributed by atoms with E-state index in [-0.39, 0.29) is 18.4 Å². The van der Waals surface area contributed by atoms with Gasteiger partial charge in [0.25, 0.3) is 0 Å². The summed E-state index contributed by atoms with van der Waals surface area (Å²) in [6, 6.07) is 0. The van der Waals surface area contributed by atoms with Crippen LogP contribution in [-0.4, -0.2) is 64.7 Å². The largest absolute Gasteiger partial charge is 0.396 e. The van der Waals surface area contributed by atoms with E-state index in [1.807, 2.05) is 0 Å². The molecule has 0 aliphatic heterocycles. The maximum absolute atomic E-state index is 13.0. The lowest BCUT2D eigenvalue weighted by atomic mass is 9.97. The first-order valence-corrected chi connectivity index (χ1v) is 27.4. The van der Waals surface area contributed by atoms with Crippen molar-refractivity contribution < 1.29 is 14.7 Å². The van der Waals surface area contributed by atoms with Gasteiger partial charge in [0.1, 0.15) is 0 Å². The number of aryl methyl sites for hydroxylation is 2. The van der Waals surface area contributed by atoms with Gasteiger partial charge in [-0.2, -0.15) is 0 Å². The number of rotatable bonds is 48. The maximum atomic E-state index is 13.0. The number of hydrogen-bond acceptors (Lipinski definition) is 5. The third-order valence-electron chi connectivity index (χ3n) is 12.9. The van der Waals surface area contributed by atoms with Crippen LogP contribution in [0.1, 0.15) is 276 Å². The molecule has 2 amide bonds. The van der Waals surface area contributed by atoms with Crippen molar-refractivity contribution in [1.82, 2.24) is 25.9 Å². The van der Waals surface area contributed by atoms with Gasteiger partial charge in [-0.05, 0) is 94.6 Å². The Labute approximate surface area is 385 Å². The highest BCUT2D eigenvalue weighted by Gasteiger charge is 2.14. The number of aromatic amines is 1. The molecule has 1 heterocycles. The lowest BCUT2D eigenvalue weighted by Crippen LogP contribution is -2.43. The molecule has 0 saturated carbocycles. The third kappa shape index (κ3) is 34.5. The number of carbonyl (C=O) groups is 2. The third-order valence-corrected chi connectivity index (χ3v) is 12.9. The summed E-state index contributed by atoms with van der Waals surface area (Å²) in [5.74, 6) is 0.381. The first-order chi connectivity index (χ1) is 30.5. The van der Waals surface area contributed by atoms with Gasteiger partial charge in [0, 0.05) is 57.5 Å². The van der Waals surface area contributed by atoms with Crippen molar-refractivity contribution in [1.29, 1.82) is 0 Å². The molecule has 0 unspecified atom stereocenters. The molecule has 0 aromatic carbocycles. The molecule has 0 aliphatic rings. The van der Waals surface area contributed by atoms with Gasteiger partial charge in [-0.1, -0.05) is 182 Å². The van der Waals surface area contributed by atoms with Gasteiger partial charge in [0.2, 0.25) is 11.8 Å². The highest BCUT2D eigenvalue weighted by atomic mass is 16.3. The van der Waals surface area contributed by atoms with Crippen LogP contribution in [0.4, 0.5) is 0 Å². The molecule has 0 aliphatic carbocycles. The standard InChI is InChI=1S/C54H105N5O3/c1-5-9-13-17-25-34-44-58(45-35-26-18-14-10-6-2)56-53(61)42-31-23-21-29-40-51-50(39-33-38-48-60)49-55-52(51)41-30-22-24-32-43-54(62)57-59(46-36-27-19-15-11-7-3)47-37-28-20-16-12-8-4/h49,55,60H,5-48H2,1-4H3,(H,56,61)(H,57,62). The van der Waals surface area contributed by atoms with Gasteiger partial charge in [-0.15, -0.1) is 0 Å². The van der Waals surface area contributed by atoms with E-state index in [2.05, 4.69) is 59.7 Å². The summed E-state index contributed by atoms with van der Waals surface area (Å²) in [6.45, 7) is 13.2. The van der Waals surface area contributed by atoms with E-state index in [0.717, 1.165) is 110 Å². The molecule has 4 N–H and O–H groups in total. The number of nitrogens with one attached hydrogen (secondary N) is 3. The normalized spacial score (nSPS) is 11.7. The summed E-state index contributed by atoms with van der Waals surface area (Å²) in [7, 11) is 0. The van der Waals surface area contributed by atoms with Crippen LogP contribution >= 0.6 is 0 Å². The minimum Gasteiger partial charge on any atom is -0.396 e. The Morgan fingerprint density at radius 3 is 1.18 bits per heavy atom. The molecule has 1 rings (SSSR count). The fraction of sp³-hybridized carbons (Fsp3) is 0.889. The van der Waals surface area contributed by atoms with E-state index in [1.54, 1.807) is 0 Å². The van der Waals surface area contributed by atoms with E-state index < -0.39 is 0 Å². The number of unbranched alkanes of at least 4 members (excludes halogenated alkanes) is 27. The molecular formula is C54H105N5O3. The van der Waals surface area contributed by atoms with Crippen LogP contribution in [0.25, 0.3) is 0 Å². The highest BCUT2D eigenvalue weighted by molar-refractivity contribution is 5.75. The average Bonchev–Trinajstić information content (AvgIpc) is 3.65. The predicted molar refractivity (Wildman–Crippen MR) is 267 cm³/mol. The number of amides is 2. The Balaban J connectivity index is 2.49. The predicted octanol–water partition coefficient (Wildman–Crippen LogP) is 14.4. The van der Waals surface area contributed by atoms with Crippen LogP contribution in [0.5, 0.6) is 0 Å². The van der Waals surface area contributed by atoms with Crippen molar-refractivity contribution in [3.8, 4) is 0 Å². The molecule has 0 fully saturated rings. The summed E-state index contributed by atoms with van der Waals surface area (Å²) in [6.07, 6.45) is 47.8. The van der Waals surface area contributed by atoms with Crippen LogP contribution in [-0.2, 0) is 28.9 Å². The number of hydrogen-bond donors (Lipinski definition) is 4. The molecule has 62 heavy (non-hydrogen) atoms. The molecular weight excluding hydrogens is 767 g/mol. The van der Waals surface area contributed by atoms with E-state index >= 15 is 0 Å². The first kappa shape index (κ1) is 58.1. The molecule has 0 radical (unpaired) electrons. The number of H-pyrrole nitrogens is 1. The number of hydrazine groups is 2. The SMILES string of the molecule is CCCCCCCCN(CCCCCCCC)NC(=O)CCCCCCc1[nH]cc(CCCCO)c1CCCCCCC(=O)NN(CCCCCCCC)CCCCCCCC. The quantitative estimate of drug-likeness (QED) is 0.0386. The Kier molecular flexibility index (Phi) is 41.5. The summed E-state index contributed by atoms with van der Waals surface area (Å²) in [4.78, 5) is 29.7. The number of aliphatic hydroxyl groups excluding tert-OH is 1. The number of aliphatic hydroxyl groups is 1. The molecule has 0 saturated heterocycles. The van der Waals surface area contributed by atoms with E-state index in [4.69, 9.17) is 0 Å². The van der Waals surface area contributed by atoms with Crippen LogP contribution in [0.2, 0.25) is 0 Å². The second-order valence-corrected chi connectivity index (χ2v) is 18.9. The Hall–Kier alpha value is -1.90. The van der Waals surface area contributed by atoms with Crippen molar-refractivity contribution in [3.05, 3.63) is 23.0 Å². The van der Waals surface area contributed by atoms with Gasteiger partial charge in [0.05, 0.1) is 0 Å². The fourth-order valence-corrected chi connectivity index (χ4v) is 8.85. The second-order valence-electron chi connectivity index (χ2n) is 18.9. The van der Waals surface area contributed by atoms with Crippen molar-refractivity contribution >= 4 is 11.8 Å². The summed E-state index contributed by atoms with van der Waals surface area (Å²) in [5, 5.41) is 13.9. The lowest BCUT2D eigenvalue weighted by molar-refractivity contribution is -0.127. The van der Waals surface area contributed by atoms with Gasteiger partial charge in [-0.25, -0.2) is 10.0 Å². The maximum Gasteiger partial charge on any atom is 0.234 e. The van der Waals surface area contributed by atoms with E-state index in [9.17, 15) is 14.7 Å². The lowest BCUT2D eigenvalue weighted by Gasteiger charge is -2.23. The smallest absolute Gasteiger partial charge is 0.234 e. The van der Waals surface area contributed by atoms with Gasteiger partial charge in [-0.3, -0.25) is 20.4 Å². The Morgan fingerprint density at radius 2 is 0.774 bits per heavy atom. The van der Waals surface area contributed by atoms with E-state index in [1.165, 1.54) is 171 Å². The topological polar surface area (TPSA) is 101 Å². The average molecular weight is 872 g/mol. The molecule has 1 aromatic heterocycles. The first-order valence-electron chi connectivity index (χ1n) is 27.4. The van der Waals surface area contributed by atoms with Gasteiger partial charge in [0.15, 0.2) is 0 Å². The Morgan fingerprint density at radius 1 is 0.435 bits per heavy atom. The van der Waals surface area contributed by atoms with Crippen LogP contribution < -0.4 is 10.9 Å². The van der Waals surface area contributed by atoms with Crippen LogP contribution in [0, 0.1) is 0 Å². The number of carbonyl (C=O) groups excluding carboxylic acids is 2. The zero-order valence-electron chi connectivity index (χ0n) is 41.8. The van der Waals surface area contributed by atoms with Crippen LogP contribution in [0.3, 0.4) is 0 Å². The zero-order chi connectivity index (χ0) is 45.0. The minimum absolute atomic E-state index is 0.190. The second kappa shape index (κ2) is 44.3. The van der Waals surface area contributed by atoms with Crippen molar-refractivity contribution in [2.24, 2.45) is 0 Å². The fourth-order valence-electron chi connectivity index (χ4n) is 8.85. The Bertz CT molecular complexity index is 1090. The number of nitrogens with zero attached hydrogens (tertiary/aromatic N) is 2. The minimum atomic E-state index is 0.190. The zero-order valence-corrected chi connectivity index (χ0v) is 41.8. The van der Waals surface area contributed by atoms with Gasteiger partial charge >= 0.3 is 0 Å². The molecule has 0 spiro atoms. The molecule has 0 bridgehead atoms. The van der Waals surface area contributed by atoms with Crippen molar-refractivity contribution in [2.45, 2.75) is 278 Å². The number of aromatic nitrogens is 1. The molecule has 8 nitrogen and oxygen atoms in total. The van der Waals surface area contributed by atoms with Crippen LogP contribution in [0.15, 0.2) is 6.20 Å². The molecule has 0 atom stereocenters. The monoisotopic (exact) mass is 872 g/mol. The molecule has 1 aromatic rings. The van der Waals surface area contributed by atoms with Gasteiger partial charge < -0.3 is 10.1 Å². The summed E-state index contributed by atoms with van der Waals surface area (Å²) in [5.41, 5.74) is 10.9. The van der Waals surface area contributed by atoms with Crippen molar-refractivity contribution in [3.63, 3.8) is 0 Å². The molecule has 364 valence electrons. The summed E-state index contributed by atoms with van der Waals surface area (Å²) >= 11 is 0. The highest BCUT2D eigenvalue weighted by Crippen LogP contribution is 2.23. The van der Waals surface area contributed by atoms with Crippen molar-refractivity contribution in [2.75, 3.05) is 32.8 Å². The summed E-state index contributed by atoms with van der Waals surface area (Å²) < 4.78 is 0. The van der Waals surface area contributed by atoms with E-state index in [0.29, 0.717) is 12.8 Å².